The predicted octanol–water partition coefficient (Wildman–Crippen LogP) is 2.58. The molecular formula is C15H12N4O2S2. The number of benzene rings is 1. The van der Waals surface area contributed by atoms with Crippen molar-refractivity contribution in [3.8, 4) is 10.7 Å². The summed E-state index contributed by atoms with van der Waals surface area (Å²) in [5, 5.41) is 11.6. The van der Waals surface area contributed by atoms with Gasteiger partial charge in [-0.1, -0.05) is 36.0 Å². The average molecular weight is 344 g/mol. The van der Waals surface area contributed by atoms with Crippen molar-refractivity contribution in [3.63, 3.8) is 0 Å². The number of carbonyl (C=O) groups excluding carboxylic acids is 2. The summed E-state index contributed by atoms with van der Waals surface area (Å²) in [5.74, 6) is -0.0552. The van der Waals surface area contributed by atoms with Crippen LogP contribution in [0, 0.1) is 0 Å². The second kappa shape index (κ2) is 7.21. The molecule has 0 saturated heterocycles. The van der Waals surface area contributed by atoms with Crippen molar-refractivity contribution < 1.29 is 9.59 Å². The van der Waals surface area contributed by atoms with Crippen molar-refractivity contribution in [2.75, 3.05) is 5.75 Å². The Hall–Kier alpha value is -2.45. The van der Waals surface area contributed by atoms with E-state index in [1.165, 1.54) is 11.8 Å². The maximum atomic E-state index is 11.8. The zero-order chi connectivity index (χ0) is 16.1. The minimum Gasteiger partial charge on any atom is -0.292 e. The van der Waals surface area contributed by atoms with Gasteiger partial charge >= 0.3 is 0 Å². The van der Waals surface area contributed by atoms with Gasteiger partial charge in [-0.25, -0.2) is 4.98 Å². The third-order valence-electron chi connectivity index (χ3n) is 2.84. The van der Waals surface area contributed by atoms with Crippen LogP contribution in [0.2, 0.25) is 0 Å². The Bertz CT molecular complexity index is 800. The van der Waals surface area contributed by atoms with Crippen LogP contribution in [0.5, 0.6) is 0 Å². The molecule has 3 rings (SSSR count). The van der Waals surface area contributed by atoms with Crippen LogP contribution in [-0.4, -0.2) is 32.7 Å². The Kier molecular flexibility index (Phi) is 4.84. The number of hydrogen-bond acceptors (Lipinski definition) is 6. The molecular weight excluding hydrogens is 332 g/mol. The van der Waals surface area contributed by atoms with Crippen LogP contribution in [-0.2, 0) is 4.79 Å². The normalized spacial score (nSPS) is 10.4. The van der Waals surface area contributed by atoms with Crippen molar-refractivity contribution in [2.24, 2.45) is 0 Å². The molecule has 0 radical (unpaired) electrons. The lowest BCUT2D eigenvalue weighted by atomic mass is 10.2. The fourth-order valence-electron chi connectivity index (χ4n) is 1.79. The molecule has 2 N–H and O–H groups in total. The molecule has 23 heavy (non-hydrogen) atoms. The molecule has 3 aromatic rings. The molecule has 2 aromatic heterocycles. The van der Waals surface area contributed by atoms with Gasteiger partial charge in [0, 0.05) is 5.56 Å². The molecule has 0 aliphatic rings. The summed E-state index contributed by atoms with van der Waals surface area (Å²) in [4.78, 5) is 29.0. The highest BCUT2D eigenvalue weighted by molar-refractivity contribution is 7.99. The maximum absolute atomic E-state index is 11.8. The van der Waals surface area contributed by atoms with Crippen molar-refractivity contribution in [3.05, 3.63) is 53.4 Å². The Morgan fingerprint density at radius 1 is 1.17 bits per heavy atom. The van der Waals surface area contributed by atoms with E-state index in [1.54, 1.807) is 35.6 Å². The number of aromatic amines is 1. The zero-order valence-electron chi connectivity index (χ0n) is 11.9. The molecule has 0 unspecified atom stereocenters. The number of carbonyl (C=O) groups is 2. The molecule has 6 nitrogen and oxygen atoms in total. The van der Waals surface area contributed by atoms with Crippen LogP contribution in [0.1, 0.15) is 10.4 Å². The second-order valence-electron chi connectivity index (χ2n) is 4.48. The van der Waals surface area contributed by atoms with Gasteiger partial charge in [0.25, 0.3) is 5.91 Å². The lowest BCUT2D eigenvalue weighted by Crippen LogP contribution is -2.31. The zero-order valence-corrected chi connectivity index (χ0v) is 13.5. The third-order valence-corrected chi connectivity index (χ3v) is 4.56. The van der Waals surface area contributed by atoms with Crippen LogP contribution >= 0.6 is 23.1 Å². The van der Waals surface area contributed by atoms with Gasteiger partial charge in [-0.15, -0.1) is 16.4 Å². The van der Waals surface area contributed by atoms with E-state index in [0.717, 1.165) is 4.88 Å². The van der Waals surface area contributed by atoms with Gasteiger partial charge in [0.15, 0.2) is 5.82 Å². The number of amides is 2. The minimum absolute atomic E-state index is 0.0697. The molecule has 1 aromatic carbocycles. The SMILES string of the molecule is O=C(CSc1n[nH]c(-c2cccs2)n1)NC(=O)c1ccccc1. The standard InChI is InChI=1S/C15H12N4O2S2/c20-12(16-14(21)10-5-2-1-3-6-10)9-23-15-17-13(18-19-15)11-7-4-8-22-11/h1-8H,9H2,(H,16,20,21)(H,17,18,19). The van der Waals surface area contributed by atoms with E-state index in [9.17, 15) is 9.59 Å². The van der Waals surface area contributed by atoms with E-state index in [0.29, 0.717) is 16.5 Å². The highest BCUT2D eigenvalue weighted by Crippen LogP contribution is 2.22. The van der Waals surface area contributed by atoms with Crippen LogP contribution in [0.3, 0.4) is 0 Å². The van der Waals surface area contributed by atoms with Gasteiger partial charge in [0.05, 0.1) is 10.6 Å². The number of hydrogen-bond donors (Lipinski definition) is 2. The highest BCUT2D eigenvalue weighted by Gasteiger charge is 2.12. The molecule has 0 bridgehead atoms. The lowest BCUT2D eigenvalue weighted by molar-refractivity contribution is -0.117. The quantitative estimate of drug-likeness (QED) is 0.695. The average Bonchev–Trinajstić information content (AvgIpc) is 3.25. The monoisotopic (exact) mass is 344 g/mol. The molecule has 0 spiro atoms. The van der Waals surface area contributed by atoms with Gasteiger partial charge in [-0.2, -0.15) is 0 Å². The topological polar surface area (TPSA) is 87.7 Å². The summed E-state index contributed by atoms with van der Waals surface area (Å²) in [6.07, 6.45) is 0. The Morgan fingerprint density at radius 2 is 2.00 bits per heavy atom. The first-order valence-electron chi connectivity index (χ1n) is 6.70. The van der Waals surface area contributed by atoms with Gasteiger partial charge in [0.1, 0.15) is 0 Å². The van der Waals surface area contributed by atoms with Gasteiger partial charge in [-0.3, -0.25) is 20.0 Å². The number of nitrogens with zero attached hydrogens (tertiary/aromatic N) is 2. The molecule has 0 atom stereocenters. The fourth-order valence-corrected chi connectivity index (χ4v) is 3.05. The number of thioether (sulfide) groups is 1. The van der Waals surface area contributed by atoms with Gasteiger partial charge in [0.2, 0.25) is 11.1 Å². The van der Waals surface area contributed by atoms with E-state index in [4.69, 9.17) is 0 Å². The maximum Gasteiger partial charge on any atom is 0.257 e. The Morgan fingerprint density at radius 3 is 2.74 bits per heavy atom. The minimum atomic E-state index is -0.412. The summed E-state index contributed by atoms with van der Waals surface area (Å²) in [5.41, 5.74) is 0.448. The molecule has 0 saturated carbocycles. The number of aromatic nitrogens is 3. The second-order valence-corrected chi connectivity index (χ2v) is 6.37. The summed E-state index contributed by atoms with van der Waals surface area (Å²) in [6, 6.07) is 12.5. The molecule has 0 aliphatic heterocycles. The molecule has 0 aliphatic carbocycles. The number of nitrogens with one attached hydrogen (secondary N) is 2. The number of thiophene rings is 1. The molecule has 0 fully saturated rings. The van der Waals surface area contributed by atoms with Crippen molar-refractivity contribution >= 4 is 34.9 Å². The first kappa shape index (κ1) is 15.4. The molecule has 2 heterocycles. The van der Waals surface area contributed by atoms with Crippen molar-refractivity contribution in [2.45, 2.75) is 5.16 Å². The summed E-state index contributed by atoms with van der Waals surface area (Å²) < 4.78 is 0. The Labute approximate surface area is 140 Å². The van der Waals surface area contributed by atoms with Gasteiger partial charge < -0.3 is 0 Å². The van der Waals surface area contributed by atoms with Crippen LogP contribution in [0.4, 0.5) is 0 Å². The first-order chi connectivity index (χ1) is 11.2. The van der Waals surface area contributed by atoms with E-state index < -0.39 is 5.91 Å². The molecule has 8 heteroatoms. The van der Waals surface area contributed by atoms with E-state index in [2.05, 4.69) is 20.5 Å². The van der Waals surface area contributed by atoms with Crippen LogP contribution in [0.15, 0.2) is 53.0 Å². The molecule has 2 amide bonds. The molecule has 116 valence electrons. The fraction of sp³-hybridized carbons (Fsp3) is 0.0667. The van der Waals surface area contributed by atoms with Crippen molar-refractivity contribution in [1.29, 1.82) is 0 Å². The largest absolute Gasteiger partial charge is 0.292 e. The number of imide groups is 1. The first-order valence-corrected chi connectivity index (χ1v) is 8.57. The summed E-state index contributed by atoms with van der Waals surface area (Å²) in [6.45, 7) is 0. The number of H-pyrrole nitrogens is 1. The van der Waals surface area contributed by atoms with E-state index in [-0.39, 0.29) is 11.7 Å². The third kappa shape index (κ3) is 4.05. The summed E-state index contributed by atoms with van der Waals surface area (Å²) in [7, 11) is 0. The van der Waals surface area contributed by atoms with Gasteiger partial charge in [-0.05, 0) is 23.6 Å². The summed E-state index contributed by atoms with van der Waals surface area (Å²) >= 11 is 2.72. The van der Waals surface area contributed by atoms with Crippen LogP contribution in [0.25, 0.3) is 10.7 Å². The van der Waals surface area contributed by atoms with Crippen LogP contribution < -0.4 is 5.32 Å². The van der Waals surface area contributed by atoms with Crippen molar-refractivity contribution in [1.82, 2.24) is 20.5 Å². The highest BCUT2D eigenvalue weighted by atomic mass is 32.2. The Balaban J connectivity index is 1.52. The number of rotatable bonds is 5. The predicted molar refractivity (Wildman–Crippen MR) is 89.3 cm³/mol. The van der Waals surface area contributed by atoms with E-state index in [1.807, 2.05) is 23.6 Å². The lowest BCUT2D eigenvalue weighted by Gasteiger charge is -2.02. The smallest absolute Gasteiger partial charge is 0.257 e. The van der Waals surface area contributed by atoms with E-state index >= 15 is 0 Å².